The first kappa shape index (κ1) is 23.1. The number of hydrogen-bond donors (Lipinski definition) is 2. The van der Waals surface area contributed by atoms with E-state index in [1.807, 2.05) is 43.3 Å². The van der Waals surface area contributed by atoms with Gasteiger partial charge in [0.05, 0.1) is 6.54 Å². The largest absolute Gasteiger partial charge is 0.383 e. The Bertz CT molecular complexity index is 1230. The second-order valence-corrected chi connectivity index (χ2v) is 7.67. The van der Waals surface area contributed by atoms with E-state index in [4.69, 9.17) is 17.3 Å². The molecule has 0 unspecified atom stereocenters. The van der Waals surface area contributed by atoms with Crippen molar-refractivity contribution in [2.45, 2.75) is 26.3 Å². The van der Waals surface area contributed by atoms with Gasteiger partial charge in [0.25, 0.3) is 11.5 Å². The number of H-pyrrole nitrogens is 1. The molecule has 3 aromatic rings. The Hall–Kier alpha value is -3.58. The molecule has 7 nitrogen and oxygen atoms in total. The lowest BCUT2D eigenvalue weighted by atomic mass is 10.2. The van der Waals surface area contributed by atoms with Crippen molar-refractivity contribution >= 4 is 35.1 Å². The molecule has 2 aromatic carbocycles. The third-order valence-corrected chi connectivity index (χ3v) is 5.32. The summed E-state index contributed by atoms with van der Waals surface area (Å²) in [6.07, 6.45) is 4.40. The number of benzene rings is 2. The number of nitrogen functional groups attached to an aromatic ring is 1. The quantitative estimate of drug-likeness (QED) is 0.509. The number of nitrogens with one attached hydrogen (secondary N) is 1. The molecule has 1 heterocycles. The molecule has 0 fully saturated rings. The molecule has 0 aliphatic rings. The van der Waals surface area contributed by atoms with Crippen LogP contribution in [0.1, 0.15) is 30.9 Å². The minimum Gasteiger partial charge on any atom is -0.383 e. The van der Waals surface area contributed by atoms with Crippen LogP contribution in [-0.2, 0) is 11.3 Å². The van der Waals surface area contributed by atoms with Crippen molar-refractivity contribution < 1.29 is 4.79 Å². The summed E-state index contributed by atoms with van der Waals surface area (Å²) >= 11 is 6.16. The van der Waals surface area contributed by atoms with E-state index in [9.17, 15) is 14.4 Å². The number of nitrogens with two attached hydrogens (primary N) is 1. The Morgan fingerprint density at radius 2 is 1.81 bits per heavy atom. The van der Waals surface area contributed by atoms with E-state index in [0.29, 0.717) is 17.0 Å². The highest BCUT2D eigenvalue weighted by Gasteiger charge is 2.22. The monoisotopic (exact) mass is 452 g/mol. The van der Waals surface area contributed by atoms with Gasteiger partial charge in [-0.1, -0.05) is 73.5 Å². The minimum atomic E-state index is -0.701. The van der Waals surface area contributed by atoms with Gasteiger partial charge >= 0.3 is 5.69 Å². The molecule has 3 rings (SSSR count). The normalized spacial score (nSPS) is 11.1. The van der Waals surface area contributed by atoms with Gasteiger partial charge in [-0.3, -0.25) is 19.1 Å². The van der Waals surface area contributed by atoms with Crippen LogP contribution in [0.2, 0.25) is 5.02 Å². The van der Waals surface area contributed by atoms with Crippen LogP contribution >= 0.6 is 11.6 Å². The lowest BCUT2D eigenvalue weighted by molar-refractivity contribution is -0.114. The van der Waals surface area contributed by atoms with Crippen LogP contribution in [0, 0.1) is 0 Å². The van der Waals surface area contributed by atoms with Crippen molar-refractivity contribution in [3.8, 4) is 0 Å². The van der Waals surface area contributed by atoms with Crippen molar-refractivity contribution in [1.29, 1.82) is 0 Å². The fourth-order valence-electron chi connectivity index (χ4n) is 3.27. The van der Waals surface area contributed by atoms with Crippen LogP contribution in [0.25, 0.3) is 6.08 Å². The summed E-state index contributed by atoms with van der Waals surface area (Å²) in [6, 6.07) is 16.4. The molecule has 0 radical (unpaired) electrons. The molecule has 3 N–H and O–H groups in total. The van der Waals surface area contributed by atoms with E-state index in [-0.39, 0.29) is 24.6 Å². The smallest absolute Gasteiger partial charge is 0.330 e. The fourth-order valence-corrected chi connectivity index (χ4v) is 3.47. The van der Waals surface area contributed by atoms with Crippen molar-refractivity contribution in [1.82, 2.24) is 9.55 Å². The first-order valence-corrected chi connectivity index (χ1v) is 10.7. The highest BCUT2D eigenvalue weighted by atomic mass is 35.5. The van der Waals surface area contributed by atoms with E-state index in [1.165, 1.54) is 15.5 Å². The second kappa shape index (κ2) is 10.6. The van der Waals surface area contributed by atoms with Gasteiger partial charge in [0.1, 0.15) is 5.82 Å². The number of amides is 1. The SMILES string of the molecule is CCCCN(C(=O)/C=C/c1ccccc1Cl)c1c(N)n(Cc2ccccc2)c(=O)[nH]c1=O. The molecule has 1 aromatic heterocycles. The number of hydrogen-bond acceptors (Lipinski definition) is 4. The third-order valence-electron chi connectivity index (χ3n) is 4.98. The van der Waals surface area contributed by atoms with Crippen molar-refractivity contribution in [2.75, 3.05) is 17.2 Å². The zero-order chi connectivity index (χ0) is 23.1. The molecule has 166 valence electrons. The summed E-state index contributed by atoms with van der Waals surface area (Å²) in [5.74, 6) is -0.487. The molecule has 0 saturated heterocycles. The van der Waals surface area contributed by atoms with Crippen molar-refractivity contribution in [2.24, 2.45) is 0 Å². The zero-order valence-electron chi connectivity index (χ0n) is 17.8. The van der Waals surface area contributed by atoms with Gasteiger partial charge < -0.3 is 10.6 Å². The number of carbonyl (C=O) groups is 1. The van der Waals surface area contributed by atoms with Gasteiger partial charge in [0.2, 0.25) is 0 Å². The summed E-state index contributed by atoms with van der Waals surface area (Å²) in [5, 5.41) is 0.505. The van der Waals surface area contributed by atoms with Crippen molar-refractivity contribution in [3.63, 3.8) is 0 Å². The topological polar surface area (TPSA) is 101 Å². The van der Waals surface area contributed by atoms with Gasteiger partial charge in [0.15, 0.2) is 5.69 Å². The first-order chi connectivity index (χ1) is 15.4. The summed E-state index contributed by atoms with van der Waals surface area (Å²) < 4.78 is 1.26. The van der Waals surface area contributed by atoms with E-state index >= 15 is 0 Å². The molecular formula is C24H25ClN4O3. The maximum Gasteiger partial charge on any atom is 0.330 e. The molecule has 0 bridgehead atoms. The summed E-state index contributed by atoms with van der Waals surface area (Å²) in [6.45, 7) is 2.42. The predicted octanol–water partition coefficient (Wildman–Crippen LogP) is 3.67. The Morgan fingerprint density at radius 1 is 1.12 bits per heavy atom. The zero-order valence-corrected chi connectivity index (χ0v) is 18.5. The van der Waals surface area contributed by atoms with E-state index in [2.05, 4.69) is 4.98 Å². The molecule has 0 aliphatic heterocycles. The van der Waals surface area contributed by atoms with Gasteiger partial charge in [0, 0.05) is 17.6 Å². The predicted molar refractivity (Wildman–Crippen MR) is 129 cm³/mol. The number of aromatic amines is 1. The lowest BCUT2D eigenvalue weighted by Gasteiger charge is -2.23. The van der Waals surface area contributed by atoms with Crippen LogP contribution in [0.15, 0.2) is 70.3 Å². The van der Waals surface area contributed by atoms with Crippen LogP contribution in [-0.4, -0.2) is 22.0 Å². The Labute approximate surface area is 190 Å². The molecule has 0 aliphatic carbocycles. The number of anilines is 2. The van der Waals surface area contributed by atoms with Crippen LogP contribution in [0.3, 0.4) is 0 Å². The lowest BCUT2D eigenvalue weighted by Crippen LogP contribution is -2.41. The van der Waals surface area contributed by atoms with Gasteiger partial charge in [-0.05, 0) is 29.7 Å². The molecular weight excluding hydrogens is 428 g/mol. The molecule has 0 saturated carbocycles. The molecule has 32 heavy (non-hydrogen) atoms. The molecule has 0 spiro atoms. The minimum absolute atomic E-state index is 0.0391. The van der Waals surface area contributed by atoms with Crippen LogP contribution in [0.4, 0.5) is 11.5 Å². The average molecular weight is 453 g/mol. The van der Waals surface area contributed by atoms with E-state index in [0.717, 1.165) is 12.0 Å². The fraction of sp³-hybridized carbons (Fsp3) is 0.208. The Balaban J connectivity index is 2.02. The first-order valence-electron chi connectivity index (χ1n) is 10.3. The number of rotatable bonds is 8. The maximum atomic E-state index is 13.1. The van der Waals surface area contributed by atoms with Crippen molar-refractivity contribution in [3.05, 3.63) is 97.7 Å². The number of nitrogens with zero attached hydrogens (tertiary/aromatic N) is 2. The van der Waals surface area contributed by atoms with Crippen LogP contribution < -0.4 is 21.9 Å². The van der Waals surface area contributed by atoms with Gasteiger partial charge in [-0.25, -0.2) is 4.79 Å². The number of unbranched alkanes of at least 4 members (excludes halogenated alkanes) is 1. The van der Waals surface area contributed by atoms with E-state index in [1.54, 1.807) is 24.3 Å². The standard InChI is InChI=1S/C24H25ClN4O3/c1-2-3-15-28(20(30)14-13-18-11-7-8-12-19(18)25)21-22(26)29(24(32)27-23(21)31)16-17-9-5-4-6-10-17/h4-14H,2-3,15-16,26H2,1H3,(H,27,31,32)/b14-13+. The number of carbonyl (C=O) groups excluding carboxylic acids is 1. The number of halogens is 1. The summed E-state index contributed by atoms with van der Waals surface area (Å²) in [4.78, 5) is 41.9. The molecule has 8 heteroatoms. The third kappa shape index (κ3) is 5.36. The van der Waals surface area contributed by atoms with Gasteiger partial charge in [-0.15, -0.1) is 0 Å². The summed E-state index contributed by atoms with van der Waals surface area (Å²) in [5.41, 5.74) is 6.42. The van der Waals surface area contributed by atoms with Gasteiger partial charge in [-0.2, -0.15) is 0 Å². The van der Waals surface area contributed by atoms with E-state index < -0.39 is 17.2 Å². The summed E-state index contributed by atoms with van der Waals surface area (Å²) in [7, 11) is 0. The average Bonchev–Trinajstić information content (AvgIpc) is 2.78. The number of aromatic nitrogens is 2. The Morgan fingerprint density at radius 3 is 2.50 bits per heavy atom. The molecule has 1 amide bonds. The Kier molecular flexibility index (Phi) is 7.68. The molecule has 0 atom stereocenters. The maximum absolute atomic E-state index is 13.1. The van der Waals surface area contributed by atoms with Crippen LogP contribution in [0.5, 0.6) is 0 Å². The highest BCUT2D eigenvalue weighted by molar-refractivity contribution is 6.32. The second-order valence-electron chi connectivity index (χ2n) is 7.26. The highest BCUT2D eigenvalue weighted by Crippen LogP contribution is 2.20.